The lowest BCUT2D eigenvalue weighted by molar-refractivity contribution is -0.286. The van der Waals surface area contributed by atoms with Crippen LogP contribution in [0.15, 0.2) is 65.6 Å². The van der Waals surface area contributed by atoms with Crippen LogP contribution in [-0.4, -0.2) is 35.9 Å². The van der Waals surface area contributed by atoms with Gasteiger partial charge in [0.2, 0.25) is 0 Å². The molecule has 1 aromatic heterocycles. The smallest absolute Gasteiger partial charge is 0.395 e. The molecule has 1 aliphatic heterocycles. The summed E-state index contributed by atoms with van der Waals surface area (Å²) in [7, 11) is -3.31. The summed E-state index contributed by atoms with van der Waals surface area (Å²) in [5.41, 5.74) is 2.78. The highest BCUT2D eigenvalue weighted by molar-refractivity contribution is 7.91. The number of carbonyl (C=O) groups is 1. The Morgan fingerprint density at radius 3 is 2.66 bits per heavy atom. The number of imidazole rings is 1. The van der Waals surface area contributed by atoms with Crippen molar-refractivity contribution in [1.29, 1.82) is 5.26 Å². The monoisotopic (exact) mass is 578 g/mol. The van der Waals surface area contributed by atoms with Crippen molar-refractivity contribution in [2.24, 2.45) is 5.92 Å². The van der Waals surface area contributed by atoms with E-state index in [1.165, 1.54) is 18.2 Å². The van der Waals surface area contributed by atoms with Crippen molar-refractivity contribution in [3.05, 3.63) is 83.2 Å². The van der Waals surface area contributed by atoms with Gasteiger partial charge >= 0.3 is 6.29 Å². The molecule has 1 N–H and O–H groups in total. The maximum Gasteiger partial charge on any atom is 0.586 e. The molecule has 41 heavy (non-hydrogen) atoms. The van der Waals surface area contributed by atoms with Gasteiger partial charge in [0.05, 0.1) is 40.2 Å². The Balaban J connectivity index is 1.26. The number of ether oxygens (including phenoxy) is 2. The molecule has 0 bridgehead atoms. The highest BCUT2D eigenvalue weighted by atomic mass is 32.2. The second-order valence-corrected chi connectivity index (χ2v) is 12.3. The molecule has 1 aliphatic carbocycles. The molecule has 1 fully saturated rings. The summed E-state index contributed by atoms with van der Waals surface area (Å²) in [4.78, 5) is 17.9. The summed E-state index contributed by atoms with van der Waals surface area (Å²) >= 11 is 0. The van der Waals surface area contributed by atoms with E-state index >= 15 is 0 Å². The standard InChI is InChI=1S/C29H24F2N4O5S/c1-2-41(37,38)21-9-6-17(7-10-21)15-33-28(36)18-8-11-24-23(13-18)34-27(22-12-20(22)14-32)35(24)16-19-4-3-5-25-26(19)40-29(30,31)39-25/h3-11,13,20,22H,2,12,15-16H2,1H3,(H,33,36)/t20-,22+/m0/s1. The van der Waals surface area contributed by atoms with Gasteiger partial charge in [-0.25, -0.2) is 13.4 Å². The third kappa shape index (κ3) is 5.09. The Labute approximate surface area is 234 Å². The van der Waals surface area contributed by atoms with Gasteiger partial charge in [-0.2, -0.15) is 5.26 Å². The number of amides is 1. The average molecular weight is 579 g/mol. The number of alkyl halides is 2. The summed E-state index contributed by atoms with van der Waals surface area (Å²) in [6.07, 6.45) is -3.12. The van der Waals surface area contributed by atoms with Gasteiger partial charge < -0.3 is 19.4 Å². The number of rotatable bonds is 8. The van der Waals surface area contributed by atoms with Crippen LogP contribution < -0.4 is 14.8 Å². The molecule has 1 amide bonds. The van der Waals surface area contributed by atoms with E-state index in [0.29, 0.717) is 34.4 Å². The Kier molecular flexibility index (Phi) is 6.42. The molecule has 0 spiro atoms. The number of carbonyl (C=O) groups excluding carboxylic acids is 1. The number of aromatic nitrogens is 2. The molecule has 12 heteroatoms. The minimum Gasteiger partial charge on any atom is -0.395 e. The quantitative estimate of drug-likeness (QED) is 0.320. The first-order valence-electron chi connectivity index (χ1n) is 13.0. The fourth-order valence-corrected chi connectivity index (χ4v) is 5.83. The van der Waals surface area contributed by atoms with Gasteiger partial charge in [-0.15, -0.1) is 8.78 Å². The summed E-state index contributed by atoms with van der Waals surface area (Å²) in [6.45, 7) is 1.93. The maximum absolute atomic E-state index is 13.8. The normalized spacial score (nSPS) is 18.7. The molecule has 3 aromatic carbocycles. The summed E-state index contributed by atoms with van der Waals surface area (Å²) in [6, 6.07) is 18.3. The minimum absolute atomic E-state index is 0.00658. The third-order valence-electron chi connectivity index (χ3n) is 7.28. The highest BCUT2D eigenvalue weighted by Crippen LogP contribution is 2.48. The zero-order chi connectivity index (χ0) is 28.9. The van der Waals surface area contributed by atoms with Gasteiger partial charge in [0.15, 0.2) is 21.3 Å². The van der Waals surface area contributed by atoms with Crippen LogP contribution >= 0.6 is 0 Å². The molecular formula is C29H24F2N4O5S. The number of hydrogen-bond acceptors (Lipinski definition) is 7. The zero-order valence-corrected chi connectivity index (χ0v) is 22.6. The van der Waals surface area contributed by atoms with Gasteiger partial charge in [-0.1, -0.05) is 31.2 Å². The van der Waals surface area contributed by atoms with Crippen molar-refractivity contribution in [2.45, 2.75) is 43.5 Å². The van der Waals surface area contributed by atoms with E-state index in [1.807, 2.05) is 4.57 Å². The second kappa shape index (κ2) is 9.85. The first-order valence-corrected chi connectivity index (χ1v) is 14.6. The molecule has 2 heterocycles. The molecule has 210 valence electrons. The highest BCUT2D eigenvalue weighted by Gasteiger charge is 2.45. The number of hydrogen-bond donors (Lipinski definition) is 1. The molecule has 6 rings (SSSR count). The Hall–Kier alpha value is -4.50. The minimum atomic E-state index is -3.75. The molecule has 9 nitrogen and oxygen atoms in total. The fourth-order valence-electron chi connectivity index (χ4n) is 4.95. The Bertz CT molecular complexity index is 1830. The van der Waals surface area contributed by atoms with Crippen molar-refractivity contribution in [3.63, 3.8) is 0 Å². The van der Waals surface area contributed by atoms with Crippen LogP contribution in [0.3, 0.4) is 0 Å². The average Bonchev–Trinajstić information content (AvgIpc) is 3.56. The fraction of sp³-hybridized carbons (Fsp3) is 0.276. The van der Waals surface area contributed by atoms with E-state index < -0.39 is 16.1 Å². The number of nitrogens with zero attached hydrogens (tertiary/aromatic N) is 3. The van der Waals surface area contributed by atoms with Gasteiger partial charge in [0.25, 0.3) is 5.91 Å². The van der Waals surface area contributed by atoms with Crippen LogP contribution in [0.25, 0.3) is 11.0 Å². The number of fused-ring (bicyclic) bond motifs is 2. The third-order valence-corrected chi connectivity index (χ3v) is 9.03. The topological polar surface area (TPSA) is 123 Å². The van der Waals surface area contributed by atoms with Crippen molar-refractivity contribution < 1.29 is 31.5 Å². The van der Waals surface area contributed by atoms with E-state index in [0.717, 1.165) is 5.56 Å². The number of nitriles is 1. The van der Waals surface area contributed by atoms with E-state index in [4.69, 9.17) is 9.72 Å². The Morgan fingerprint density at radius 1 is 1.17 bits per heavy atom. The number of nitrogens with one attached hydrogen (secondary N) is 1. The van der Waals surface area contributed by atoms with Crippen LogP contribution in [0.5, 0.6) is 11.5 Å². The zero-order valence-electron chi connectivity index (χ0n) is 21.8. The van der Waals surface area contributed by atoms with Gasteiger partial charge in [0.1, 0.15) is 5.82 Å². The number of halogens is 2. The van der Waals surface area contributed by atoms with Crippen molar-refractivity contribution in [2.75, 3.05) is 5.75 Å². The molecule has 0 unspecified atom stereocenters. The van der Waals surface area contributed by atoms with Crippen LogP contribution in [0.1, 0.15) is 46.6 Å². The van der Waals surface area contributed by atoms with Crippen molar-refractivity contribution in [1.82, 2.24) is 14.9 Å². The summed E-state index contributed by atoms with van der Waals surface area (Å²) in [5.74, 6) is -0.114. The Morgan fingerprint density at radius 2 is 1.95 bits per heavy atom. The molecular weight excluding hydrogens is 554 g/mol. The van der Waals surface area contributed by atoms with Gasteiger partial charge in [-0.05, 0) is 48.4 Å². The maximum atomic E-state index is 13.8. The van der Waals surface area contributed by atoms with Crippen molar-refractivity contribution >= 4 is 26.8 Å². The molecule has 2 atom stereocenters. The second-order valence-electron chi connectivity index (χ2n) is 9.98. The summed E-state index contributed by atoms with van der Waals surface area (Å²) < 4.78 is 62.8. The molecule has 4 aromatic rings. The first-order chi connectivity index (χ1) is 19.6. The van der Waals surface area contributed by atoms with Crippen LogP contribution in [0, 0.1) is 17.2 Å². The van der Waals surface area contributed by atoms with E-state index in [9.17, 15) is 27.3 Å². The SMILES string of the molecule is CCS(=O)(=O)c1ccc(CNC(=O)c2ccc3c(c2)nc([C@@H]2C[C@H]2C#N)n3Cc2cccc3c2OC(F)(F)O3)cc1. The molecule has 2 aliphatic rings. The number of para-hydroxylation sites is 1. The molecule has 0 radical (unpaired) electrons. The van der Waals surface area contributed by atoms with E-state index in [-0.39, 0.29) is 53.0 Å². The van der Waals surface area contributed by atoms with E-state index in [1.54, 1.807) is 49.4 Å². The largest absolute Gasteiger partial charge is 0.586 e. The molecule has 1 saturated carbocycles. The lowest BCUT2D eigenvalue weighted by Gasteiger charge is -2.12. The lowest BCUT2D eigenvalue weighted by Crippen LogP contribution is -2.26. The lowest BCUT2D eigenvalue weighted by atomic mass is 10.1. The number of benzene rings is 3. The number of sulfone groups is 1. The van der Waals surface area contributed by atoms with Crippen LogP contribution in [0.4, 0.5) is 8.78 Å². The predicted octanol–water partition coefficient (Wildman–Crippen LogP) is 4.76. The van der Waals surface area contributed by atoms with Crippen LogP contribution in [0.2, 0.25) is 0 Å². The molecule has 0 saturated heterocycles. The predicted molar refractivity (Wildman–Crippen MR) is 143 cm³/mol. The van der Waals surface area contributed by atoms with Crippen LogP contribution in [-0.2, 0) is 22.9 Å². The van der Waals surface area contributed by atoms with Gasteiger partial charge in [0, 0.05) is 23.6 Å². The first kappa shape index (κ1) is 26.7. The van der Waals surface area contributed by atoms with Gasteiger partial charge in [-0.3, -0.25) is 4.79 Å². The van der Waals surface area contributed by atoms with E-state index in [2.05, 4.69) is 16.1 Å². The summed E-state index contributed by atoms with van der Waals surface area (Å²) in [5, 5.41) is 12.3. The van der Waals surface area contributed by atoms with Crippen molar-refractivity contribution in [3.8, 4) is 17.6 Å².